The molecule has 0 aromatic carbocycles. The highest BCUT2D eigenvalue weighted by molar-refractivity contribution is 5.36. The van der Waals surface area contributed by atoms with Crippen LogP contribution in [0, 0.1) is 5.82 Å². The number of nitrogens with one attached hydrogen (secondary N) is 1. The first-order chi connectivity index (χ1) is 6.24. The fourth-order valence-electron chi connectivity index (χ4n) is 0.730. The van der Waals surface area contributed by atoms with Crippen LogP contribution in [0.3, 0.4) is 0 Å². The molecule has 13 heavy (non-hydrogen) atoms. The van der Waals surface area contributed by atoms with Crippen molar-refractivity contribution < 1.29 is 9.13 Å². The Labute approximate surface area is 75.1 Å². The van der Waals surface area contributed by atoms with Crippen LogP contribution in [0.1, 0.15) is 0 Å². The van der Waals surface area contributed by atoms with Crippen molar-refractivity contribution in [1.29, 1.82) is 0 Å². The molecule has 5 nitrogen and oxygen atoms in total. The summed E-state index contributed by atoms with van der Waals surface area (Å²) in [5.41, 5.74) is 5.23. The molecule has 0 aliphatic heterocycles. The molecule has 0 saturated heterocycles. The third-order valence-electron chi connectivity index (χ3n) is 1.36. The molecule has 1 aromatic heterocycles. The molecular formula is C7H11FN4O. The molecule has 0 aliphatic carbocycles. The summed E-state index contributed by atoms with van der Waals surface area (Å²) in [7, 11) is 1.58. The molecule has 0 fully saturated rings. The second-order valence-corrected chi connectivity index (χ2v) is 2.35. The van der Waals surface area contributed by atoms with Crippen LogP contribution in [0.15, 0.2) is 6.20 Å². The second kappa shape index (κ2) is 4.56. The summed E-state index contributed by atoms with van der Waals surface area (Å²) >= 11 is 0. The Kier molecular flexibility index (Phi) is 3.39. The number of ether oxygens (including phenoxy) is 1. The van der Waals surface area contributed by atoms with Crippen LogP contribution in [0.2, 0.25) is 0 Å². The molecule has 0 saturated carbocycles. The van der Waals surface area contributed by atoms with E-state index in [1.807, 2.05) is 0 Å². The van der Waals surface area contributed by atoms with Gasteiger partial charge >= 0.3 is 0 Å². The zero-order valence-electron chi connectivity index (χ0n) is 7.25. The van der Waals surface area contributed by atoms with Gasteiger partial charge < -0.3 is 15.8 Å². The van der Waals surface area contributed by atoms with E-state index in [0.29, 0.717) is 19.1 Å². The summed E-state index contributed by atoms with van der Waals surface area (Å²) in [4.78, 5) is 7.35. The van der Waals surface area contributed by atoms with Gasteiger partial charge in [0.25, 0.3) is 0 Å². The number of rotatable bonds is 4. The van der Waals surface area contributed by atoms with Crippen LogP contribution in [-0.4, -0.2) is 30.2 Å². The molecule has 3 N–H and O–H groups in total. The van der Waals surface area contributed by atoms with Gasteiger partial charge in [0.15, 0.2) is 11.6 Å². The lowest BCUT2D eigenvalue weighted by atomic mass is 10.5. The fourth-order valence-corrected chi connectivity index (χ4v) is 0.730. The number of nitrogens with zero attached hydrogens (tertiary/aromatic N) is 2. The summed E-state index contributed by atoms with van der Waals surface area (Å²) in [6, 6.07) is 0. The Bertz CT molecular complexity index is 281. The molecule has 0 amide bonds. The first-order valence-corrected chi connectivity index (χ1v) is 3.75. The van der Waals surface area contributed by atoms with Gasteiger partial charge in [-0.05, 0) is 0 Å². The highest BCUT2D eigenvalue weighted by Crippen LogP contribution is 2.06. The first kappa shape index (κ1) is 9.66. The lowest BCUT2D eigenvalue weighted by Gasteiger charge is -2.03. The standard InChI is InChI=1S/C7H11FN4O/c1-13-3-2-10-7-11-4-5(8)6(9)12-7/h4H,2-3H2,1H3,(H3,9,10,11,12). The predicted octanol–water partition coefficient (Wildman–Crippen LogP) is 0.256. The maximum absolute atomic E-state index is 12.6. The molecule has 0 spiro atoms. The summed E-state index contributed by atoms with van der Waals surface area (Å²) in [5.74, 6) is -0.469. The lowest BCUT2D eigenvalue weighted by molar-refractivity contribution is 0.210. The van der Waals surface area contributed by atoms with Gasteiger partial charge in [-0.25, -0.2) is 9.37 Å². The molecule has 1 heterocycles. The van der Waals surface area contributed by atoms with Crippen molar-refractivity contribution in [3.8, 4) is 0 Å². The van der Waals surface area contributed by atoms with Gasteiger partial charge in [-0.2, -0.15) is 4.98 Å². The fraction of sp³-hybridized carbons (Fsp3) is 0.429. The van der Waals surface area contributed by atoms with Gasteiger partial charge in [0.2, 0.25) is 5.95 Å². The van der Waals surface area contributed by atoms with E-state index in [0.717, 1.165) is 6.20 Å². The number of methoxy groups -OCH3 is 1. The predicted molar refractivity (Wildman–Crippen MR) is 46.8 cm³/mol. The number of anilines is 2. The van der Waals surface area contributed by atoms with E-state index in [4.69, 9.17) is 10.5 Å². The highest BCUT2D eigenvalue weighted by Gasteiger charge is 2.01. The van der Waals surface area contributed by atoms with Crippen molar-refractivity contribution in [1.82, 2.24) is 9.97 Å². The Morgan fingerprint density at radius 1 is 1.69 bits per heavy atom. The van der Waals surface area contributed by atoms with Crippen molar-refractivity contribution in [2.45, 2.75) is 0 Å². The third kappa shape index (κ3) is 2.83. The average molecular weight is 186 g/mol. The van der Waals surface area contributed by atoms with E-state index in [2.05, 4.69) is 15.3 Å². The van der Waals surface area contributed by atoms with Crippen molar-refractivity contribution in [3.63, 3.8) is 0 Å². The third-order valence-corrected chi connectivity index (χ3v) is 1.36. The molecule has 6 heteroatoms. The Hall–Kier alpha value is -1.43. The van der Waals surface area contributed by atoms with Gasteiger partial charge in [-0.3, -0.25) is 0 Å². The number of nitrogens with two attached hydrogens (primary N) is 1. The molecule has 0 aliphatic rings. The van der Waals surface area contributed by atoms with Crippen molar-refractivity contribution in [2.24, 2.45) is 0 Å². The zero-order chi connectivity index (χ0) is 9.68. The van der Waals surface area contributed by atoms with Crippen LogP contribution in [0.4, 0.5) is 16.2 Å². The maximum atomic E-state index is 12.6. The number of halogens is 1. The van der Waals surface area contributed by atoms with Crippen molar-refractivity contribution >= 4 is 11.8 Å². The van der Waals surface area contributed by atoms with E-state index in [1.165, 1.54) is 0 Å². The largest absolute Gasteiger partial charge is 0.383 e. The van der Waals surface area contributed by atoms with E-state index in [9.17, 15) is 4.39 Å². The van der Waals surface area contributed by atoms with Gasteiger partial charge in [0.1, 0.15) is 0 Å². The summed E-state index contributed by atoms with van der Waals surface area (Å²) in [6.45, 7) is 1.09. The van der Waals surface area contributed by atoms with Crippen LogP contribution in [0.25, 0.3) is 0 Å². The number of aromatic nitrogens is 2. The highest BCUT2D eigenvalue weighted by atomic mass is 19.1. The maximum Gasteiger partial charge on any atom is 0.224 e. The van der Waals surface area contributed by atoms with Gasteiger partial charge in [0.05, 0.1) is 12.8 Å². The Morgan fingerprint density at radius 3 is 3.08 bits per heavy atom. The molecule has 1 aromatic rings. The van der Waals surface area contributed by atoms with E-state index < -0.39 is 5.82 Å². The molecule has 0 radical (unpaired) electrons. The zero-order valence-corrected chi connectivity index (χ0v) is 7.25. The number of hydrogen-bond acceptors (Lipinski definition) is 5. The summed E-state index contributed by atoms with van der Waals surface area (Å²) in [6.07, 6.45) is 1.03. The second-order valence-electron chi connectivity index (χ2n) is 2.35. The van der Waals surface area contributed by atoms with Gasteiger partial charge in [-0.15, -0.1) is 0 Å². The topological polar surface area (TPSA) is 73.1 Å². The van der Waals surface area contributed by atoms with Crippen LogP contribution < -0.4 is 11.1 Å². The molecule has 72 valence electrons. The van der Waals surface area contributed by atoms with Gasteiger partial charge in [-0.1, -0.05) is 0 Å². The van der Waals surface area contributed by atoms with Crippen molar-refractivity contribution in [2.75, 3.05) is 31.3 Å². The molecule has 0 unspecified atom stereocenters. The van der Waals surface area contributed by atoms with Crippen LogP contribution in [0.5, 0.6) is 0 Å². The minimum Gasteiger partial charge on any atom is -0.383 e. The Morgan fingerprint density at radius 2 is 2.46 bits per heavy atom. The molecular weight excluding hydrogens is 175 g/mol. The summed E-state index contributed by atoms with van der Waals surface area (Å²) < 4.78 is 17.4. The first-order valence-electron chi connectivity index (χ1n) is 3.75. The number of hydrogen-bond donors (Lipinski definition) is 2. The average Bonchev–Trinajstić information content (AvgIpc) is 2.12. The van der Waals surface area contributed by atoms with E-state index in [-0.39, 0.29) is 5.82 Å². The van der Waals surface area contributed by atoms with Gasteiger partial charge in [0, 0.05) is 13.7 Å². The smallest absolute Gasteiger partial charge is 0.224 e. The molecule has 0 atom stereocenters. The van der Waals surface area contributed by atoms with E-state index >= 15 is 0 Å². The van der Waals surface area contributed by atoms with E-state index in [1.54, 1.807) is 7.11 Å². The Balaban J connectivity index is 2.53. The minimum absolute atomic E-state index is 0.157. The molecule has 0 bridgehead atoms. The quantitative estimate of drug-likeness (QED) is 0.660. The van der Waals surface area contributed by atoms with Crippen LogP contribution >= 0.6 is 0 Å². The van der Waals surface area contributed by atoms with Crippen LogP contribution in [-0.2, 0) is 4.74 Å². The molecule has 1 rings (SSSR count). The SMILES string of the molecule is COCCNc1ncc(F)c(N)n1. The monoisotopic (exact) mass is 186 g/mol. The lowest BCUT2D eigenvalue weighted by Crippen LogP contribution is -2.11. The van der Waals surface area contributed by atoms with Crippen molar-refractivity contribution in [3.05, 3.63) is 12.0 Å². The normalized spacial score (nSPS) is 10.0. The number of nitrogen functional groups attached to an aromatic ring is 1. The summed E-state index contributed by atoms with van der Waals surface area (Å²) in [5, 5.41) is 2.82. The minimum atomic E-state index is -0.614.